The number of H-pyrrole nitrogens is 1. The minimum Gasteiger partial charge on any atom is -0.744 e. The first-order valence-electron chi connectivity index (χ1n) is 5.56. The largest absolute Gasteiger partial charge is 0.744 e. The molecule has 1 heterocycles. The van der Waals surface area contributed by atoms with E-state index in [1.807, 2.05) is 32.0 Å². The molecular weight excluding hydrogens is 264 g/mol. The lowest BCUT2D eigenvalue weighted by Crippen LogP contribution is -2.12. The lowest BCUT2D eigenvalue weighted by atomic mass is 10.2. The van der Waals surface area contributed by atoms with E-state index >= 15 is 0 Å². The van der Waals surface area contributed by atoms with Gasteiger partial charge in [0.05, 0.1) is 10.6 Å². The van der Waals surface area contributed by atoms with Crippen molar-refractivity contribution in [3.05, 3.63) is 53.7 Å². The molecule has 0 amide bonds. The highest BCUT2D eigenvalue weighted by Gasteiger charge is 1.97. The molecule has 0 radical (unpaired) electrons. The van der Waals surface area contributed by atoms with Crippen LogP contribution in [0.25, 0.3) is 0 Å². The summed E-state index contributed by atoms with van der Waals surface area (Å²) < 4.78 is 31.2. The monoisotopic (exact) mass is 280 g/mol. The molecule has 0 fully saturated rings. The standard InChI is InChI=1S/C7H8O3S.C6H8N2/c1-6-2-4-7(5-3-6)11(8,9)10;1-5-3-2-4-6(7)8-5/h2-5H,1H3,(H,8,9,10);2-4H,1H3,(H2,7,8). The predicted octanol–water partition coefficient (Wildman–Crippen LogP) is 1.29. The van der Waals surface area contributed by atoms with Crippen molar-refractivity contribution in [1.29, 1.82) is 0 Å². The fraction of sp³-hybridized carbons (Fsp3) is 0.154. The molecule has 0 saturated carbocycles. The lowest BCUT2D eigenvalue weighted by molar-refractivity contribution is -0.370. The maximum Gasteiger partial charge on any atom is 0.270 e. The van der Waals surface area contributed by atoms with Gasteiger partial charge in [0, 0.05) is 6.07 Å². The molecule has 0 unspecified atom stereocenters. The molecule has 0 bridgehead atoms. The Morgan fingerprint density at radius 1 is 1.05 bits per heavy atom. The highest BCUT2D eigenvalue weighted by molar-refractivity contribution is 7.85. The Morgan fingerprint density at radius 2 is 1.63 bits per heavy atom. The molecule has 19 heavy (non-hydrogen) atoms. The molecule has 1 aromatic carbocycles. The van der Waals surface area contributed by atoms with Crippen LogP contribution in [-0.2, 0) is 10.1 Å². The number of pyridine rings is 1. The number of nitrogen functional groups attached to an aromatic ring is 1. The number of aryl methyl sites for hydroxylation is 2. The topological polar surface area (TPSA) is 97.4 Å². The Balaban J connectivity index is 0.000000200. The van der Waals surface area contributed by atoms with Gasteiger partial charge in [-0.1, -0.05) is 23.8 Å². The maximum absolute atomic E-state index is 10.4. The van der Waals surface area contributed by atoms with Gasteiger partial charge in [0.2, 0.25) is 0 Å². The second-order valence-electron chi connectivity index (χ2n) is 4.06. The van der Waals surface area contributed by atoms with Crippen molar-refractivity contribution in [2.75, 3.05) is 5.73 Å². The van der Waals surface area contributed by atoms with E-state index in [0.29, 0.717) is 5.82 Å². The zero-order valence-electron chi connectivity index (χ0n) is 10.8. The molecule has 1 aromatic heterocycles. The van der Waals surface area contributed by atoms with Gasteiger partial charge < -0.3 is 4.55 Å². The van der Waals surface area contributed by atoms with E-state index in [4.69, 9.17) is 5.73 Å². The lowest BCUT2D eigenvalue weighted by Gasteiger charge is -2.05. The molecule has 2 rings (SSSR count). The van der Waals surface area contributed by atoms with E-state index < -0.39 is 10.1 Å². The van der Waals surface area contributed by atoms with Gasteiger partial charge in [-0.25, -0.2) is 13.4 Å². The van der Waals surface area contributed by atoms with Gasteiger partial charge in [-0.2, -0.15) is 0 Å². The van der Waals surface area contributed by atoms with Crippen LogP contribution in [0.1, 0.15) is 11.3 Å². The first-order valence-corrected chi connectivity index (χ1v) is 6.97. The van der Waals surface area contributed by atoms with Gasteiger partial charge in [-0.15, -0.1) is 0 Å². The molecule has 0 atom stereocenters. The van der Waals surface area contributed by atoms with Crippen molar-refractivity contribution in [2.45, 2.75) is 18.7 Å². The Kier molecular flexibility index (Phi) is 5.02. The SMILES string of the molecule is Cc1ccc(S(=O)(=O)[O-])cc1.Cc1cccc(N)[nH+]1. The minimum atomic E-state index is -4.27. The quantitative estimate of drug-likeness (QED) is 0.796. The summed E-state index contributed by atoms with van der Waals surface area (Å²) in [5.74, 6) is 0.713. The van der Waals surface area contributed by atoms with Crippen molar-refractivity contribution in [1.82, 2.24) is 0 Å². The van der Waals surface area contributed by atoms with Gasteiger partial charge in [0.1, 0.15) is 10.1 Å². The zero-order valence-corrected chi connectivity index (χ0v) is 11.6. The Bertz CT molecular complexity index is 620. The van der Waals surface area contributed by atoms with E-state index in [1.54, 1.807) is 12.1 Å². The van der Waals surface area contributed by atoms with Crippen LogP contribution in [0.5, 0.6) is 0 Å². The maximum atomic E-state index is 10.4. The van der Waals surface area contributed by atoms with Crippen LogP contribution in [0.2, 0.25) is 0 Å². The fourth-order valence-corrected chi connectivity index (χ4v) is 1.78. The number of nitrogens with two attached hydrogens (primary N) is 1. The number of anilines is 1. The van der Waals surface area contributed by atoms with Gasteiger partial charge in [-0.05, 0) is 32.0 Å². The fourth-order valence-electron chi connectivity index (χ4n) is 1.31. The molecule has 0 aliphatic heterocycles. The average Bonchev–Trinajstić information content (AvgIpc) is 2.28. The second-order valence-corrected chi connectivity index (χ2v) is 5.44. The molecule has 0 spiro atoms. The van der Waals surface area contributed by atoms with Crippen LogP contribution in [0.15, 0.2) is 47.4 Å². The molecular formula is C13H16N2O3S. The first kappa shape index (κ1) is 15.1. The number of hydrogen-bond acceptors (Lipinski definition) is 4. The molecule has 6 heteroatoms. The molecule has 0 saturated heterocycles. The predicted molar refractivity (Wildman–Crippen MR) is 71.3 cm³/mol. The second kappa shape index (κ2) is 6.31. The number of nitrogens with one attached hydrogen (secondary N) is 1. The average molecular weight is 280 g/mol. The van der Waals surface area contributed by atoms with E-state index in [2.05, 4.69) is 4.98 Å². The van der Waals surface area contributed by atoms with Crippen LogP contribution >= 0.6 is 0 Å². The van der Waals surface area contributed by atoms with E-state index in [0.717, 1.165) is 11.3 Å². The van der Waals surface area contributed by atoms with E-state index in [-0.39, 0.29) is 4.90 Å². The van der Waals surface area contributed by atoms with Crippen molar-refractivity contribution < 1.29 is 18.0 Å². The summed E-state index contributed by atoms with van der Waals surface area (Å²) >= 11 is 0. The van der Waals surface area contributed by atoms with Crippen LogP contribution in [-0.4, -0.2) is 13.0 Å². The molecule has 5 nitrogen and oxygen atoms in total. The first-order chi connectivity index (χ1) is 8.79. The number of hydrogen-bond donors (Lipinski definition) is 1. The zero-order chi connectivity index (χ0) is 14.5. The van der Waals surface area contributed by atoms with Crippen molar-refractivity contribution in [2.24, 2.45) is 0 Å². The number of aromatic amines is 1. The van der Waals surface area contributed by atoms with Crippen LogP contribution in [0.3, 0.4) is 0 Å². The third kappa shape index (κ3) is 5.50. The summed E-state index contributed by atoms with van der Waals surface area (Å²) in [5, 5.41) is 0. The molecule has 3 N–H and O–H groups in total. The summed E-state index contributed by atoms with van der Waals surface area (Å²) in [5.41, 5.74) is 7.42. The summed E-state index contributed by atoms with van der Waals surface area (Å²) in [6, 6.07) is 11.5. The number of aromatic nitrogens is 1. The van der Waals surface area contributed by atoms with Gasteiger partial charge in [-0.3, -0.25) is 5.73 Å². The van der Waals surface area contributed by atoms with Gasteiger partial charge >= 0.3 is 0 Å². The highest BCUT2D eigenvalue weighted by Crippen LogP contribution is 2.08. The smallest absolute Gasteiger partial charge is 0.270 e. The number of rotatable bonds is 1. The Morgan fingerprint density at radius 3 is 2.00 bits per heavy atom. The van der Waals surface area contributed by atoms with Crippen LogP contribution < -0.4 is 10.7 Å². The Labute approximate surface area is 112 Å². The molecule has 0 aliphatic rings. The Hall–Kier alpha value is -1.92. The number of benzene rings is 1. The van der Waals surface area contributed by atoms with E-state index in [1.165, 1.54) is 12.1 Å². The van der Waals surface area contributed by atoms with E-state index in [9.17, 15) is 13.0 Å². The molecule has 102 valence electrons. The van der Waals surface area contributed by atoms with Gasteiger partial charge in [0.25, 0.3) is 5.82 Å². The summed E-state index contributed by atoms with van der Waals surface area (Å²) in [4.78, 5) is 2.77. The normalized spacial score (nSPS) is 10.5. The van der Waals surface area contributed by atoms with Crippen LogP contribution in [0, 0.1) is 13.8 Å². The minimum absolute atomic E-state index is 0.178. The summed E-state index contributed by atoms with van der Waals surface area (Å²) in [6.45, 7) is 3.79. The van der Waals surface area contributed by atoms with Gasteiger partial charge in [0.15, 0.2) is 0 Å². The summed E-state index contributed by atoms with van der Waals surface area (Å²) in [7, 11) is -4.27. The summed E-state index contributed by atoms with van der Waals surface area (Å²) in [6.07, 6.45) is 0. The van der Waals surface area contributed by atoms with Crippen molar-refractivity contribution in [3.8, 4) is 0 Å². The molecule has 2 aromatic rings. The third-order valence-corrected chi connectivity index (χ3v) is 3.12. The third-order valence-electron chi connectivity index (χ3n) is 2.27. The van der Waals surface area contributed by atoms with Crippen LogP contribution in [0.4, 0.5) is 5.82 Å². The molecule has 0 aliphatic carbocycles. The van der Waals surface area contributed by atoms with Crippen molar-refractivity contribution in [3.63, 3.8) is 0 Å². The van der Waals surface area contributed by atoms with Crippen molar-refractivity contribution >= 4 is 15.9 Å². The highest BCUT2D eigenvalue weighted by atomic mass is 32.2.